The van der Waals surface area contributed by atoms with Crippen LogP contribution in [0.2, 0.25) is 5.02 Å². The maximum atomic E-state index is 13.4. The molecule has 5 rings (SSSR count). The SMILES string of the molecule is O=C1C[C@H](C(=O)N2CCC[C@@H]2c2ccc3c(c2)OCCO3)CN1c1ccccc1Cl. The molecule has 2 atom stereocenters. The lowest BCUT2D eigenvalue weighted by atomic mass is 10.0. The molecule has 0 aromatic heterocycles. The third-order valence-corrected chi connectivity index (χ3v) is 6.42. The number of para-hydroxylation sites is 1. The highest BCUT2D eigenvalue weighted by Gasteiger charge is 2.41. The van der Waals surface area contributed by atoms with E-state index in [1.165, 1.54) is 0 Å². The van der Waals surface area contributed by atoms with Crippen molar-refractivity contribution in [1.29, 1.82) is 0 Å². The van der Waals surface area contributed by atoms with Crippen LogP contribution in [0.4, 0.5) is 5.69 Å². The molecule has 0 radical (unpaired) electrons. The van der Waals surface area contributed by atoms with Crippen molar-refractivity contribution in [2.45, 2.75) is 25.3 Å². The average Bonchev–Trinajstić information content (AvgIpc) is 3.40. The number of ether oxygens (including phenoxy) is 2. The predicted molar refractivity (Wildman–Crippen MR) is 113 cm³/mol. The molecule has 2 aromatic carbocycles. The lowest BCUT2D eigenvalue weighted by Crippen LogP contribution is -2.37. The molecule has 30 heavy (non-hydrogen) atoms. The van der Waals surface area contributed by atoms with E-state index in [1.54, 1.807) is 11.0 Å². The second-order valence-corrected chi connectivity index (χ2v) is 8.36. The van der Waals surface area contributed by atoms with Crippen LogP contribution < -0.4 is 14.4 Å². The number of halogens is 1. The highest BCUT2D eigenvalue weighted by Crippen LogP contribution is 2.40. The van der Waals surface area contributed by atoms with E-state index in [2.05, 4.69) is 0 Å². The molecule has 0 saturated carbocycles. The second kappa shape index (κ2) is 7.84. The van der Waals surface area contributed by atoms with Crippen LogP contribution in [-0.4, -0.2) is 43.0 Å². The fourth-order valence-corrected chi connectivity index (χ4v) is 4.89. The van der Waals surface area contributed by atoms with Crippen LogP contribution in [0, 0.1) is 5.92 Å². The first-order valence-electron chi connectivity index (χ1n) is 10.4. The van der Waals surface area contributed by atoms with E-state index in [0.29, 0.717) is 37.0 Å². The summed E-state index contributed by atoms with van der Waals surface area (Å²) in [6, 6.07) is 13.2. The highest BCUT2D eigenvalue weighted by atomic mass is 35.5. The normalized spacial score (nSPS) is 23.2. The van der Waals surface area contributed by atoms with Gasteiger partial charge in [-0.2, -0.15) is 0 Å². The van der Waals surface area contributed by atoms with Gasteiger partial charge in [0.25, 0.3) is 0 Å². The third-order valence-electron chi connectivity index (χ3n) is 6.10. The summed E-state index contributed by atoms with van der Waals surface area (Å²) < 4.78 is 11.3. The molecule has 3 aliphatic heterocycles. The van der Waals surface area contributed by atoms with Gasteiger partial charge in [0.15, 0.2) is 11.5 Å². The van der Waals surface area contributed by atoms with E-state index in [9.17, 15) is 9.59 Å². The Bertz CT molecular complexity index is 995. The summed E-state index contributed by atoms with van der Waals surface area (Å²) in [5.41, 5.74) is 1.72. The summed E-state index contributed by atoms with van der Waals surface area (Å²) in [5, 5.41) is 0.522. The quantitative estimate of drug-likeness (QED) is 0.748. The average molecular weight is 427 g/mol. The van der Waals surface area contributed by atoms with Crippen LogP contribution in [0.5, 0.6) is 11.5 Å². The minimum Gasteiger partial charge on any atom is -0.486 e. The Kier molecular flexibility index (Phi) is 5.03. The summed E-state index contributed by atoms with van der Waals surface area (Å²) in [6.45, 7) is 2.16. The van der Waals surface area contributed by atoms with Crippen LogP contribution in [0.1, 0.15) is 30.9 Å². The molecule has 156 valence electrons. The van der Waals surface area contributed by atoms with Crippen molar-refractivity contribution in [2.75, 3.05) is 31.2 Å². The molecule has 0 spiro atoms. The Hall–Kier alpha value is -2.73. The molecule has 0 N–H and O–H groups in total. The fraction of sp³-hybridized carbons (Fsp3) is 0.391. The number of fused-ring (bicyclic) bond motifs is 1. The lowest BCUT2D eigenvalue weighted by Gasteiger charge is -2.28. The molecule has 3 heterocycles. The largest absolute Gasteiger partial charge is 0.486 e. The summed E-state index contributed by atoms with van der Waals surface area (Å²) in [5.74, 6) is 1.11. The minimum absolute atomic E-state index is 0.00204. The van der Waals surface area contributed by atoms with Crippen LogP contribution >= 0.6 is 11.6 Å². The first-order valence-corrected chi connectivity index (χ1v) is 10.7. The number of carbonyl (C=O) groups is 2. The lowest BCUT2D eigenvalue weighted by molar-refractivity contribution is -0.136. The first-order chi connectivity index (χ1) is 14.6. The van der Waals surface area contributed by atoms with E-state index < -0.39 is 0 Å². The van der Waals surface area contributed by atoms with Crippen LogP contribution in [0.15, 0.2) is 42.5 Å². The summed E-state index contributed by atoms with van der Waals surface area (Å²) in [7, 11) is 0. The van der Waals surface area contributed by atoms with Gasteiger partial charge in [-0.15, -0.1) is 0 Å². The van der Waals surface area contributed by atoms with Gasteiger partial charge in [-0.3, -0.25) is 9.59 Å². The van der Waals surface area contributed by atoms with Crippen molar-refractivity contribution in [3.05, 3.63) is 53.1 Å². The number of carbonyl (C=O) groups excluding carboxylic acids is 2. The number of likely N-dealkylation sites (tertiary alicyclic amines) is 1. The Labute approximate surface area is 180 Å². The van der Waals surface area contributed by atoms with E-state index >= 15 is 0 Å². The fourth-order valence-electron chi connectivity index (χ4n) is 4.66. The van der Waals surface area contributed by atoms with Gasteiger partial charge in [-0.25, -0.2) is 0 Å². The standard InChI is InChI=1S/C23H23ClN2O4/c24-17-4-1-2-5-19(17)26-14-16(13-22(26)27)23(28)25-9-3-6-18(25)15-7-8-20-21(12-15)30-11-10-29-20/h1-2,4-5,7-8,12,16,18H,3,6,9-11,13-14H2/t16-,18+/m0/s1. The van der Waals surface area contributed by atoms with Crippen LogP contribution in [-0.2, 0) is 9.59 Å². The molecule has 2 fully saturated rings. The van der Waals surface area contributed by atoms with Crippen molar-refractivity contribution in [2.24, 2.45) is 5.92 Å². The van der Waals surface area contributed by atoms with Crippen molar-refractivity contribution in [3.8, 4) is 11.5 Å². The van der Waals surface area contributed by atoms with Crippen molar-refractivity contribution < 1.29 is 19.1 Å². The zero-order valence-corrected chi connectivity index (χ0v) is 17.3. The number of benzene rings is 2. The number of anilines is 1. The number of hydrogen-bond donors (Lipinski definition) is 0. The maximum Gasteiger partial charge on any atom is 0.228 e. The Morgan fingerprint density at radius 1 is 1.07 bits per heavy atom. The molecule has 2 amide bonds. The second-order valence-electron chi connectivity index (χ2n) is 7.95. The summed E-state index contributed by atoms with van der Waals surface area (Å²) >= 11 is 6.27. The first kappa shape index (κ1) is 19.2. The topological polar surface area (TPSA) is 59.1 Å². The van der Waals surface area contributed by atoms with E-state index in [0.717, 1.165) is 29.9 Å². The van der Waals surface area contributed by atoms with Gasteiger partial charge in [-0.1, -0.05) is 29.8 Å². The monoisotopic (exact) mass is 426 g/mol. The Balaban J connectivity index is 1.34. The Morgan fingerprint density at radius 3 is 2.70 bits per heavy atom. The summed E-state index contributed by atoms with van der Waals surface area (Å²) in [6.07, 6.45) is 2.06. The van der Waals surface area contributed by atoms with Gasteiger partial charge >= 0.3 is 0 Å². The third kappa shape index (κ3) is 3.39. The predicted octanol–water partition coefficient (Wildman–Crippen LogP) is 3.83. The molecule has 6 nitrogen and oxygen atoms in total. The number of nitrogens with zero attached hydrogens (tertiary/aromatic N) is 2. The van der Waals surface area contributed by atoms with Crippen LogP contribution in [0.3, 0.4) is 0 Å². The highest BCUT2D eigenvalue weighted by molar-refractivity contribution is 6.33. The number of amides is 2. The van der Waals surface area contributed by atoms with Gasteiger partial charge in [0.05, 0.1) is 22.7 Å². The van der Waals surface area contributed by atoms with E-state index in [1.807, 2.05) is 41.3 Å². The Morgan fingerprint density at radius 2 is 1.87 bits per heavy atom. The number of rotatable bonds is 3. The minimum atomic E-state index is -0.355. The van der Waals surface area contributed by atoms with Crippen molar-refractivity contribution >= 4 is 29.1 Å². The molecule has 0 aliphatic carbocycles. The molecule has 3 aliphatic rings. The van der Waals surface area contributed by atoms with Crippen molar-refractivity contribution in [1.82, 2.24) is 4.90 Å². The smallest absolute Gasteiger partial charge is 0.228 e. The van der Waals surface area contributed by atoms with Crippen molar-refractivity contribution in [3.63, 3.8) is 0 Å². The number of hydrogen-bond acceptors (Lipinski definition) is 4. The van der Waals surface area contributed by atoms with E-state index in [4.69, 9.17) is 21.1 Å². The maximum absolute atomic E-state index is 13.4. The molecular formula is C23H23ClN2O4. The molecular weight excluding hydrogens is 404 g/mol. The molecule has 7 heteroatoms. The summed E-state index contributed by atoms with van der Waals surface area (Å²) in [4.78, 5) is 29.6. The van der Waals surface area contributed by atoms with Gasteiger partial charge < -0.3 is 19.3 Å². The molecule has 0 unspecified atom stereocenters. The molecule has 0 bridgehead atoms. The van der Waals surface area contributed by atoms with Gasteiger partial charge in [-0.05, 0) is 42.7 Å². The van der Waals surface area contributed by atoms with Gasteiger partial charge in [0.1, 0.15) is 13.2 Å². The molecule has 2 aromatic rings. The van der Waals surface area contributed by atoms with E-state index in [-0.39, 0.29) is 30.2 Å². The molecule has 2 saturated heterocycles. The van der Waals surface area contributed by atoms with Gasteiger partial charge in [0.2, 0.25) is 11.8 Å². The van der Waals surface area contributed by atoms with Gasteiger partial charge in [0, 0.05) is 19.5 Å². The zero-order chi connectivity index (χ0) is 20.7. The van der Waals surface area contributed by atoms with Crippen LogP contribution in [0.25, 0.3) is 0 Å². The zero-order valence-electron chi connectivity index (χ0n) is 16.6.